The smallest absolute Gasteiger partial charge is 0.272 e. The number of unbranched alkanes of at least 4 members (excludes halogenated alkanes) is 1. The number of anilines is 1. The highest BCUT2D eigenvalue weighted by atomic mass is 16.2. The lowest BCUT2D eigenvalue weighted by atomic mass is 10.3. The molecule has 1 heterocycles. The number of hydrogen-bond donors (Lipinski definition) is 1. The lowest BCUT2D eigenvalue weighted by Crippen LogP contribution is -2.27. The Morgan fingerprint density at radius 3 is 2.78 bits per heavy atom. The van der Waals surface area contributed by atoms with E-state index in [1.807, 2.05) is 13.1 Å². The maximum absolute atomic E-state index is 11.7. The molecular weight excluding hydrogens is 228 g/mol. The number of amides is 1. The van der Waals surface area contributed by atoms with Gasteiger partial charge in [-0.05, 0) is 31.4 Å². The van der Waals surface area contributed by atoms with E-state index in [0.29, 0.717) is 11.7 Å². The van der Waals surface area contributed by atoms with Gasteiger partial charge in [0, 0.05) is 19.6 Å². The van der Waals surface area contributed by atoms with Crippen LogP contribution in [0.3, 0.4) is 0 Å². The first-order valence-corrected chi connectivity index (χ1v) is 6.56. The van der Waals surface area contributed by atoms with Crippen molar-refractivity contribution < 1.29 is 4.79 Å². The van der Waals surface area contributed by atoms with Crippen LogP contribution in [0.1, 0.15) is 43.1 Å². The molecule has 1 aliphatic carbocycles. The SMILES string of the molecule is CCCCN(C)c1ccc(C(=O)NC2CC2)nn1. The Labute approximate surface area is 108 Å². The lowest BCUT2D eigenvalue weighted by Gasteiger charge is -2.16. The second-order valence-corrected chi connectivity index (χ2v) is 4.80. The molecule has 1 amide bonds. The molecule has 98 valence electrons. The number of rotatable bonds is 6. The summed E-state index contributed by atoms with van der Waals surface area (Å²) in [7, 11) is 1.99. The highest BCUT2D eigenvalue weighted by Crippen LogP contribution is 2.19. The third-order valence-corrected chi connectivity index (χ3v) is 3.03. The Morgan fingerprint density at radius 2 is 2.22 bits per heavy atom. The zero-order valence-corrected chi connectivity index (χ0v) is 11.0. The molecule has 18 heavy (non-hydrogen) atoms. The van der Waals surface area contributed by atoms with Crippen molar-refractivity contribution in [3.05, 3.63) is 17.8 Å². The molecule has 2 rings (SSSR count). The minimum Gasteiger partial charge on any atom is -0.358 e. The van der Waals surface area contributed by atoms with Gasteiger partial charge in [-0.2, -0.15) is 0 Å². The summed E-state index contributed by atoms with van der Waals surface area (Å²) < 4.78 is 0. The fraction of sp³-hybridized carbons (Fsp3) is 0.615. The van der Waals surface area contributed by atoms with Gasteiger partial charge in [0.2, 0.25) is 0 Å². The molecule has 1 aromatic heterocycles. The highest BCUT2D eigenvalue weighted by Gasteiger charge is 2.24. The van der Waals surface area contributed by atoms with Crippen molar-refractivity contribution >= 4 is 11.7 Å². The molecule has 1 saturated carbocycles. The monoisotopic (exact) mass is 248 g/mol. The van der Waals surface area contributed by atoms with E-state index in [1.54, 1.807) is 6.07 Å². The summed E-state index contributed by atoms with van der Waals surface area (Å²) in [5.41, 5.74) is 0.398. The van der Waals surface area contributed by atoms with Gasteiger partial charge in [0.1, 0.15) is 0 Å². The minimum atomic E-state index is -0.118. The fourth-order valence-corrected chi connectivity index (χ4v) is 1.65. The van der Waals surface area contributed by atoms with Gasteiger partial charge >= 0.3 is 0 Å². The second kappa shape index (κ2) is 5.80. The number of nitrogens with one attached hydrogen (secondary N) is 1. The Balaban J connectivity index is 1.93. The predicted octanol–water partition coefficient (Wildman–Crippen LogP) is 1.61. The van der Waals surface area contributed by atoms with Crippen LogP contribution < -0.4 is 10.2 Å². The first kappa shape index (κ1) is 12.8. The normalized spacial score (nSPS) is 14.3. The first-order chi connectivity index (χ1) is 8.70. The van der Waals surface area contributed by atoms with Crippen molar-refractivity contribution in [2.24, 2.45) is 0 Å². The summed E-state index contributed by atoms with van der Waals surface area (Å²) in [6.45, 7) is 3.11. The van der Waals surface area contributed by atoms with Crippen LogP contribution >= 0.6 is 0 Å². The number of carbonyl (C=O) groups is 1. The van der Waals surface area contributed by atoms with Crippen molar-refractivity contribution in [3.63, 3.8) is 0 Å². The van der Waals surface area contributed by atoms with Gasteiger partial charge in [0.05, 0.1) is 0 Å². The van der Waals surface area contributed by atoms with Crippen LogP contribution in [-0.2, 0) is 0 Å². The van der Waals surface area contributed by atoms with E-state index in [4.69, 9.17) is 0 Å². The van der Waals surface area contributed by atoms with Gasteiger partial charge in [-0.25, -0.2) is 0 Å². The molecule has 0 aliphatic heterocycles. The third kappa shape index (κ3) is 3.42. The topological polar surface area (TPSA) is 58.1 Å². The summed E-state index contributed by atoms with van der Waals surface area (Å²) in [5.74, 6) is 0.694. The van der Waals surface area contributed by atoms with E-state index < -0.39 is 0 Å². The van der Waals surface area contributed by atoms with Crippen molar-refractivity contribution in [1.82, 2.24) is 15.5 Å². The Hall–Kier alpha value is -1.65. The molecule has 0 bridgehead atoms. The number of carbonyl (C=O) groups excluding carboxylic acids is 1. The predicted molar refractivity (Wildman–Crippen MR) is 70.7 cm³/mol. The Morgan fingerprint density at radius 1 is 1.44 bits per heavy atom. The van der Waals surface area contributed by atoms with Gasteiger partial charge in [0.25, 0.3) is 5.91 Å². The summed E-state index contributed by atoms with van der Waals surface area (Å²) in [5, 5.41) is 11.0. The Kier molecular flexibility index (Phi) is 4.12. The van der Waals surface area contributed by atoms with Crippen LogP contribution in [0.5, 0.6) is 0 Å². The summed E-state index contributed by atoms with van der Waals surface area (Å²) >= 11 is 0. The van der Waals surface area contributed by atoms with Crippen LogP contribution in [-0.4, -0.2) is 35.7 Å². The second-order valence-electron chi connectivity index (χ2n) is 4.80. The van der Waals surface area contributed by atoms with Gasteiger partial charge in [-0.15, -0.1) is 10.2 Å². The average Bonchev–Trinajstić information content (AvgIpc) is 3.20. The van der Waals surface area contributed by atoms with Crippen LogP contribution in [0.2, 0.25) is 0 Å². The van der Waals surface area contributed by atoms with Crippen LogP contribution in [0.15, 0.2) is 12.1 Å². The molecule has 1 N–H and O–H groups in total. The quantitative estimate of drug-likeness (QED) is 0.831. The molecule has 0 atom stereocenters. The van der Waals surface area contributed by atoms with Gasteiger partial charge < -0.3 is 10.2 Å². The van der Waals surface area contributed by atoms with E-state index in [1.165, 1.54) is 0 Å². The molecule has 0 aromatic carbocycles. The molecule has 1 aliphatic rings. The molecule has 0 radical (unpaired) electrons. The van der Waals surface area contributed by atoms with Gasteiger partial charge in [-0.3, -0.25) is 4.79 Å². The number of nitrogens with zero attached hydrogens (tertiary/aromatic N) is 3. The van der Waals surface area contributed by atoms with E-state index in [2.05, 4.69) is 27.3 Å². The van der Waals surface area contributed by atoms with Crippen LogP contribution in [0.25, 0.3) is 0 Å². The van der Waals surface area contributed by atoms with Crippen molar-refractivity contribution in [1.29, 1.82) is 0 Å². The lowest BCUT2D eigenvalue weighted by molar-refractivity contribution is 0.0945. The van der Waals surface area contributed by atoms with Gasteiger partial charge in [-0.1, -0.05) is 13.3 Å². The standard InChI is InChI=1S/C13H20N4O/c1-3-4-9-17(2)12-8-7-11(15-16-12)13(18)14-10-5-6-10/h7-8,10H,3-6,9H2,1-2H3,(H,14,18). The van der Waals surface area contributed by atoms with E-state index in [-0.39, 0.29) is 5.91 Å². The minimum absolute atomic E-state index is 0.118. The first-order valence-electron chi connectivity index (χ1n) is 6.56. The van der Waals surface area contributed by atoms with Gasteiger partial charge in [0.15, 0.2) is 11.5 Å². The largest absolute Gasteiger partial charge is 0.358 e. The number of aromatic nitrogens is 2. The average molecular weight is 248 g/mol. The van der Waals surface area contributed by atoms with Crippen molar-refractivity contribution in [3.8, 4) is 0 Å². The fourth-order valence-electron chi connectivity index (χ4n) is 1.65. The van der Waals surface area contributed by atoms with Crippen molar-refractivity contribution in [2.45, 2.75) is 38.6 Å². The van der Waals surface area contributed by atoms with Crippen LogP contribution in [0, 0.1) is 0 Å². The maximum atomic E-state index is 11.7. The molecule has 0 unspecified atom stereocenters. The van der Waals surface area contributed by atoms with E-state index in [9.17, 15) is 4.79 Å². The zero-order chi connectivity index (χ0) is 13.0. The van der Waals surface area contributed by atoms with E-state index in [0.717, 1.165) is 38.0 Å². The number of hydrogen-bond acceptors (Lipinski definition) is 4. The van der Waals surface area contributed by atoms with E-state index >= 15 is 0 Å². The molecule has 5 heteroatoms. The Bertz CT molecular complexity index is 400. The molecular formula is C13H20N4O. The molecule has 1 aromatic rings. The summed E-state index contributed by atoms with van der Waals surface area (Å²) in [6.07, 6.45) is 4.44. The van der Waals surface area contributed by atoms with Crippen LogP contribution in [0.4, 0.5) is 5.82 Å². The molecule has 0 saturated heterocycles. The highest BCUT2D eigenvalue weighted by molar-refractivity contribution is 5.92. The summed E-state index contributed by atoms with van der Waals surface area (Å²) in [6, 6.07) is 3.94. The summed E-state index contributed by atoms with van der Waals surface area (Å²) in [4.78, 5) is 13.8. The van der Waals surface area contributed by atoms with Crippen molar-refractivity contribution in [2.75, 3.05) is 18.5 Å². The molecule has 0 spiro atoms. The maximum Gasteiger partial charge on any atom is 0.272 e. The molecule has 5 nitrogen and oxygen atoms in total. The third-order valence-electron chi connectivity index (χ3n) is 3.03. The molecule has 1 fully saturated rings. The zero-order valence-electron chi connectivity index (χ0n) is 11.0.